The Labute approximate surface area is 135 Å². The summed E-state index contributed by atoms with van der Waals surface area (Å²) >= 11 is 15.7. The molecule has 1 aromatic heterocycles. The van der Waals surface area contributed by atoms with Crippen LogP contribution in [0.2, 0.25) is 10.0 Å². The van der Waals surface area contributed by atoms with Gasteiger partial charge in [0.15, 0.2) is 0 Å². The van der Waals surface area contributed by atoms with E-state index in [1.165, 1.54) is 6.33 Å². The van der Waals surface area contributed by atoms with Crippen molar-refractivity contribution >= 4 is 56.5 Å². The van der Waals surface area contributed by atoms with E-state index >= 15 is 0 Å². The summed E-state index contributed by atoms with van der Waals surface area (Å²) in [6.45, 7) is 2.07. The highest BCUT2D eigenvalue weighted by Crippen LogP contribution is 2.37. The molecular formula is C13H13BrCl2N4. The molecule has 0 aliphatic carbocycles. The van der Waals surface area contributed by atoms with Gasteiger partial charge in [0.25, 0.3) is 0 Å². The summed E-state index contributed by atoms with van der Waals surface area (Å²) in [6, 6.07) is 3.65. The zero-order valence-electron chi connectivity index (χ0n) is 10.8. The molecule has 7 heteroatoms. The molecule has 20 heavy (non-hydrogen) atoms. The van der Waals surface area contributed by atoms with Crippen molar-refractivity contribution in [3.8, 4) is 0 Å². The molecule has 0 aliphatic rings. The van der Waals surface area contributed by atoms with Crippen molar-refractivity contribution in [1.29, 1.82) is 0 Å². The smallest absolute Gasteiger partial charge is 0.139 e. The van der Waals surface area contributed by atoms with Crippen LogP contribution in [0.5, 0.6) is 0 Å². The minimum Gasteiger partial charge on any atom is -0.383 e. The molecule has 0 unspecified atom stereocenters. The van der Waals surface area contributed by atoms with Crippen LogP contribution in [0.4, 0.5) is 17.3 Å². The van der Waals surface area contributed by atoms with Crippen molar-refractivity contribution in [2.75, 3.05) is 11.1 Å². The van der Waals surface area contributed by atoms with E-state index in [1.807, 2.05) is 12.1 Å². The highest BCUT2D eigenvalue weighted by Gasteiger charge is 2.13. The van der Waals surface area contributed by atoms with E-state index in [0.717, 1.165) is 22.9 Å². The number of nitrogen functional groups attached to an aromatic ring is 1. The van der Waals surface area contributed by atoms with E-state index in [4.69, 9.17) is 28.9 Å². The van der Waals surface area contributed by atoms with Crippen molar-refractivity contribution in [2.45, 2.75) is 19.8 Å². The predicted octanol–water partition coefficient (Wildman–Crippen LogP) is 4.82. The fourth-order valence-electron chi connectivity index (χ4n) is 1.78. The standard InChI is InChI=1S/C13H13BrCl2N4/c1-2-3-7-12(17)18-6-19-13(7)20-9-5-4-8(14)10(15)11(9)16/h4-6H,2-3H2,1H3,(H3,17,18,19,20). The van der Waals surface area contributed by atoms with E-state index in [2.05, 4.69) is 38.1 Å². The maximum atomic E-state index is 6.22. The van der Waals surface area contributed by atoms with Gasteiger partial charge in [-0.05, 0) is 34.5 Å². The van der Waals surface area contributed by atoms with E-state index in [1.54, 1.807) is 0 Å². The number of anilines is 3. The third-order valence-electron chi connectivity index (χ3n) is 2.77. The molecule has 2 aromatic rings. The van der Waals surface area contributed by atoms with Gasteiger partial charge >= 0.3 is 0 Å². The average molecular weight is 376 g/mol. The van der Waals surface area contributed by atoms with Crippen LogP contribution < -0.4 is 11.1 Å². The van der Waals surface area contributed by atoms with E-state index < -0.39 is 0 Å². The predicted molar refractivity (Wildman–Crippen MR) is 87.9 cm³/mol. The van der Waals surface area contributed by atoms with Crippen LogP contribution in [0.3, 0.4) is 0 Å². The van der Waals surface area contributed by atoms with Gasteiger partial charge in [0.05, 0.1) is 15.7 Å². The molecular weight excluding hydrogens is 363 g/mol. The molecule has 0 saturated carbocycles. The van der Waals surface area contributed by atoms with Crippen molar-refractivity contribution in [3.05, 3.63) is 38.5 Å². The maximum absolute atomic E-state index is 6.22. The first-order valence-corrected chi connectivity index (χ1v) is 7.59. The molecule has 4 nitrogen and oxygen atoms in total. The molecule has 1 heterocycles. The molecule has 106 valence electrons. The van der Waals surface area contributed by atoms with Gasteiger partial charge in [-0.15, -0.1) is 0 Å². The topological polar surface area (TPSA) is 63.8 Å². The number of rotatable bonds is 4. The Balaban J connectivity index is 2.40. The number of nitrogens with two attached hydrogens (primary N) is 1. The summed E-state index contributed by atoms with van der Waals surface area (Å²) in [5, 5.41) is 4.05. The van der Waals surface area contributed by atoms with Crippen LogP contribution in [0.1, 0.15) is 18.9 Å². The number of nitrogens with zero attached hydrogens (tertiary/aromatic N) is 2. The van der Waals surface area contributed by atoms with Crippen LogP contribution >= 0.6 is 39.1 Å². The summed E-state index contributed by atoms with van der Waals surface area (Å²) in [5.41, 5.74) is 7.45. The quantitative estimate of drug-likeness (QED) is 0.751. The van der Waals surface area contributed by atoms with Gasteiger partial charge in [-0.25, -0.2) is 9.97 Å². The lowest BCUT2D eigenvalue weighted by Gasteiger charge is -2.13. The van der Waals surface area contributed by atoms with E-state index in [9.17, 15) is 0 Å². The fraction of sp³-hybridized carbons (Fsp3) is 0.231. The van der Waals surface area contributed by atoms with Gasteiger partial charge < -0.3 is 11.1 Å². The zero-order chi connectivity index (χ0) is 14.7. The molecule has 0 fully saturated rings. The van der Waals surface area contributed by atoms with Crippen LogP contribution in [-0.4, -0.2) is 9.97 Å². The molecule has 0 bridgehead atoms. The lowest BCUT2D eigenvalue weighted by atomic mass is 10.1. The minimum atomic E-state index is 0.431. The van der Waals surface area contributed by atoms with Gasteiger partial charge in [-0.2, -0.15) is 0 Å². The Kier molecular flexibility index (Phi) is 5.07. The SMILES string of the molecule is CCCc1c(N)ncnc1Nc1ccc(Br)c(Cl)c1Cl. The molecule has 0 amide bonds. The van der Waals surface area contributed by atoms with Crippen molar-refractivity contribution in [2.24, 2.45) is 0 Å². The second-order valence-corrected chi connectivity index (χ2v) is 5.79. The molecule has 0 saturated heterocycles. The molecule has 0 spiro atoms. The van der Waals surface area contributed by atoms with Crippen LogP contribution in [-0.2, 0) is 6.42 Å². The van der Waals surface area contributed by atoms with E-state index in [0.29, 0.717) is 27.4 Å². The first-order valence-electron chi connectivity index (χ1n) is 6.04. The Hall–Kier alpha value is -1.04. The highest BCUT2D eigenvalue weighted by atomic mass is 79.9. The molecule has 1 aromatic carbocycles. The molecule has 0 atom stereocenters. The van der Waals surface area contributed by atoms with Crippen molar-refractivity contribution in [3.63, 3.8) is 0 Å². The molecule has 0 aliphatic heterocycles. The normalized spacial score (nSPS) is 10.6. The number of benzene rings is 1. The Morgan fingerprint density at radius 1 is 1.25 bits per heavy atom. The lowest BCUT2D eigenvalue weighted by Crippen LogP contribution is -2.05. The van der Waals surface area contributed by atoms with Crippen molar-refractivity contribution < 1.29 is 0 Å². The summed E-state index contributed by atoms with van der Waals surface area (Å²) in [6.07, 6.45) is 3.16. The number of hydrogen-bond acceptors (Lipinski definition) is 4. The zero-order valence-corrected chi connectivity index (χ0v) is 13.8. The summed E-state index contributed by atoms with van der Waals surface area (Å²) in [5.74, 6) is 1.13. The Morgan fingerprint density at radius 2 is 2.00 bits per heavy atom. The van der Waals surface area contributed by atoms with E-state index in [-0.39, 0.29) is 0 Å². The number of hydrogen-bond donors (Lipinski definition) is 2. The first kappa shape index (κ1) is 15.4. The fourth-order valence-corrected chi connectivity index (χ4v) is 2.60. The second kappa shape index (κ2) is 6.61. The van der Waals surface area contributed by atoms with Gasteiger partial charge in [0.1, 0.15) is 18.0 Å². The maximum Gasteiger partial charge on any atom is 0.139 e. The number of halogens is 3. The van der Waals surface area contributed by atoms with Crippen LogP contribution in [0.15, 0.2) is 22.9 Å². The Morgan fingerprint density at radius 3 is 2.70 bits per heavy atom. The van der Waals surface area contributed by atoms with Crippen LogP contribution in [0.25, 0.3) is 0 Å². The average Bonchev–Trinajstić information content (AvgIpc) is 2.43. The third kappa shape index (κ3) is 3.16. The summed E-state index contributed by atoms with van der Waals surface area (Å²) in [7, 11) is 0. The largest absolute Gasteiger partial charge is 0.383 e. The number of aromatic nitrogens is 2. The highest BCUT2D eigenvalue weighted by molar-refractivity contribution is 9.10. The van der Waals surface area contributed by atoms with Gasteiger partial charge in [-0.1, -0.05) is 36.5 Å². The summed E-state index contributed by atoms with van der Waals surface area (Å²) in [4.78, 5) is 8.25. The number of nitrogens with one attached hydrogen (secondary N) is 1. The molecule has 3 N–H and O–H groups in total. The third-order valence-corrected chi connectivity index (χ3v) is 4.54. The molecule has 0 radical (unpaired) electrons. The summed E-state index contributed by atoms with van der Waals surface area (Å²) < 4.78 is 0.741. The van der Waals surface area contributed by atoms with Gasteiger partial charge in [0.2, 0.25) is 0 Å². The first-order chi connectivity index (χ1) is 9.54. The van der Waals surface area contributed by atoms with Gasteiger partial charge in [-0.3, -0.25) is 0 Å². The van der Waals surface area contributed by atoms with Gasteiger partial charge in [0, 0.05) is 10.0 Å². The second-order valence-electron chi connectivity index (χ2n) is 4.18. The molecule has 2 rings (SSSR count). The Bertz CT molecular complexity index is 634. The monoisotopic (exact) mass is 374 g/mol. The minimum absolute atomic E-state index is 0.431. The van der Waals surface area contributed by atoms with Crippen molar-refractivity contribution in [1.82, 2.24) is 9.97 Å². The van der Waals surface area contributed by atoms with Crippen LogP contribution in [0, 0.1) is 0 Å². The lowest BCUT2D eigenvalue weighted by molar-refractivity contribution is 0.908.